The van der Waals surface area contributed by atoms with Crippen molar-refractivity contribution in [2.45, 2.75) is 20.8 Å². The van der Waals surface area contributed by atoms with Gasteiger partial charge in [0.1, 0.15) is 5.82 Å². The topological polar surface area (TPSA) is 68.2 Å². The molecule has 1 amide bonds. The highest BCUT2D eigenvalue weighted by atomic mass is 19.1. The molecule has 1 aromatic carbocycles. The van der Waals surface area contributed by atoms with E-state index in [1.807, 2.05) is 0 Å². The van der Waals surface area contributed by atoms with Crippen molar-refractivity contribution in [2.75, 3.05) is 5.32 Å². The lowest BCUT2D eigenvalue weighted by atomic mass is 10.1. The second-order valence-electron chi connectivity index (χ2n) is 5.39. The van der Waals surface area contributed by atoms with Gasteiger partial charge in [-0.2, -0.15) is 0 Å². The van der Waals surface area contributed by atoms with E-state index in [9.17, 15) is 18.8 Å². The molecule has 0 fully saturated rings. The van der Waals surface area contributed by atoms with Crippen molar-refractivity contribution in [2.24, 2.45) is 7.05 Å². The van der Waals surface area contributed by atoms with Crippen molar-refractivity contribution in [3.05, 3.63) is 52.1 Å². The van der Waals surface area contributed by atoms with Gasteiger partial charge in [-0.1, -0.05) is 0 Å². The van der Waals surface area contributed by atoms with Crippen LogP contribution in [0.2, 0.25) is 0 Å². The molecular formula is C17H17FN2O3. The van der Waals surface area contributed by atoms with Crippen molar-refractivity contribution >= 4 is 23.7 Å². The summed E-state index contributed by atoms with van der Waals surface area (Å²) in [4.78, 5) is 35.0. The number of hydrogen-bond acceptors (Lipinski definition) is 3. The highest BCUT2D eigenvalue weighted by Crippen LogP contribution is 2.23. The van der Waals surface area contributed by atoms with E-state index in [0.717, 1.165) is 0 Å². The van der Waals surface area contributed by atoms with Gasteiger partial charge in [0.15, 0.2) is 6.29 Å². The Balaban J connectivity index is 2.42. The van der Waals surface area contributed by atoms with Crippen molar-refractivity contribution in [1.29, 1.82) is 0 Å². The molecule has 0 saturated heterocycles. The average molecular weight is 316 g/mol. The van der Waals surface area contributed by atoms with Crippen molar-refractivity contribution in [1.82, 2.24) is 4.57 Å². The van der Waals surface area contributed by atoms with Crippen LogP contribution < -0.4 is 5.32 Å². The molecular weight excluding hydrogens is 299 g/mol. The number of anilines is 1. The van der Waals surface area contributed by atoms with Gasteiger partial charge in [0.25, 0.3) is 5.91 Å². The lowest BCUT2D eigenvalue weighted by molar-refractivity contribution is -0.104. The van der Waals surface area contributed by atoms with Crippen LogP contribution in [0.3, 0.4) is 0 Å². The largest absolute Gasteiger partial charge is 0.344 e. The SMILES string of the molecule is Cc1cc(NC(=O)c2c(C)c(C(=O)C=O)n(C)c2C)ccc1F. The number of carbonyl (C=O) groups excluding carboxylic acids is 3. The normalized spacial score (nSPS) is 10.5. The molecule has 2 aromatic rings. The predicted octanol–water partition coefficient (Wildman–Crippen LogP) is 2.72. The average Bonchev–Trinajstić information content (AvgIpc) is 2.72. The summed E-state index contributed by atoms with van der Waals surface area (Å²) in [6.45, 7) is 4.92. The third-order valence-corrected chi connectivity index (χ3v) is 3.91. The van der Waals surface area contributed by atoms with E-state index in [1.165, 1.54) is 22.8 Å². The molecule has 1 N–H and O–H groups in total. The number of aryl methyl sites for hydroxylation is 1. The van der Waals surface area contributed by atoms with Crippen LogP contribution in [0.5, 0.6) is 0 Å². The molecule has 0 spiro atoms. The van der Waals surface area contributed by atoms with Crippen LogP contribution in [0, 0.1) is 26.6 Å². The molecule has 23 heavy (non-hydrogen) atoms. The maximum absolute atomic E-state index is 13.3. The number of Topliss-reactive ketones (excluding diaryl/α,β-unsaturated/α-hetero) is 1. The van der Waals surface area contributed by atoms with Crippen LogP contribution in [-0.2, 0) is 11.8 Å². The number of aromatic nitrogens is 1. The van der Waals surface area contributed by atoms with E-state index in [1.54, 1.807) is 27.8 Å². The van der Waals surface area contributed by atoms with Crippen LogP contribution >= 0.6 is 0 Å². The summed E-state index contributed by atoms with van der Waals surface area (Å²) in [6.07, 6.45) is 0.229. The van der Waals surface area contributed by atoms with Crippen LogP contribution in [0.1, 0.15) is 37.7 Å². The Kier molecular flexibility index (Phi) is 4.45. The van der Waals surface area contributed by atoms with Gasteiger partial charge in [0.05, 0.1) is 11.3 Å². The number of rotatable bonds is 4. The van der Waals surface area contributed by atoms with Gasteiger partial charge in [0, 0.05) is 18.4 Å². The van der Waals surface area contributed by atoms with Crippen molar-refractivity contribution in [3.8, 4) is 0 Å². The van der Waals surface area contributed by atoms with E-state index in [-0.39, 0.29) is 17.8 Å². The van der Waals surface area contributed by atoms with E-state index >= 15 is 0 Å². The van der Waals surface area contributed by atoms with Gasteiger partial charge < -0.3 is 9.88 Å². The summed E-state index contributed by atoms with van der Waals surface area (Å²) in [5.74, 6) is -1.44. The van der Waals surface area contributed by atoms with E-state index in [4.69, 9.17) is 0 Å². The summed E-state index contributed by atoms with van der Waals surface area (Å²) in [6, 6.07) is 4.26. The third kappa shape index (κ3) is 2.92. The van der Waals surface area contributed by atoms with Crippen molar-refractivity contribution in [3.63, 3.8) is 0 Å². The molecule has 0 atom stereocenters. The molecule has 0 radical (unpaired) electrons. The highest BCUT2D eigenvalue weighted by molar-refractivity contribution is 6.33. The molecule has 2 rings (SSSR count). The van der Waals surface area contributed by atoms with E-state index < -0.39 is 11.7 Å². The molecule has 0 aliphatic heterocycles. The number of amides is 1. The minimum atomic E-state index is -0.676. The fraction of sp³-hybridized carbons (Fsp3) is 0.235. The number of carbonyl (C=O) groups is 3. The lowest BCUT2D eigenvalue weighted by Crippen LogP contribution is -2.14. The van der Waals surface area contributed by atoms with E-state index in [0.29, 0.717) is 28.1 Å². The first-order chi connectivity index (χ1) is 10.8. The van der Waals surface area contributed by atoms with Gasteiger partial charge in [0.2, 0.25) is 5.78 Å². The third-order valence-electron chi connectivity index (χ3n) is 3.91. The van der Waals surface area contributed by atoms with Gasteiger partial charge >= 0.3 is 0 Å². The number of ketones is 1. The van der Waals surface area contributed by atoms with Gasteiger partial charge in [-0.05, 0) is 50.1 Å². The standard InChI is InChI=1S/C17H17FN2O3/c1-9-7-12(5-6-13(9)18)19-17(23)15-10(2)16(14(22)8-21)20(4)11(15)3/h5-8H,1-4H3,(H,19,23). The first-order valence-corrected chi connectivity index (χ1v) is 7.00. The Bertz CT molecular complexity index is 822. The molecule has 6 heteroatoms. The number of hydrogen-bond donors (Lipinski definition) is 1. The molecule has 120 valence electrons. The Labute approximate surface area is 133 Å². The molecule has 1 aromatic heterocycles. The van der Waals surface area contributed by atoms with Crippen LogP contribution in [0.25, 0.3) is 0 Å². The highest BCUT2D eigenvalue weighted by Gasteiger charge is 2.24. The molecule has 0 unspecified atom stereocenters. The monoisotopic (exact) mass is 316 g/mol. The number of benzene rings is 1. The summed E-state index contributed by atoms with van der Waals surface area (Å²) in [5, 5.41) is 2.69. The molecule has 1 heterocycles. The second-order valence-corrected chi connectivity index (χ2v) is 5.39. The first kappa shape index (κ1) is 16.6. The van der Waals surface area contributed by atoms with Gasteiger partial charge in [-0.3, -0.25) is 14.4 Å². The molecule has 0 aliphatic carbocycles. The van der Waals surface area contributed by atoms with Crippen LogP contribution in [-0.4, -0.2) is 22.5 Å². The minimum Gasteiger partial charge on any atom is -0.344 e. The quantitative estimate of drug-likeness (QED) is 0.536. The van der Waals surface area contributed by atoms with Gasteiger partial charge in [-0.15, -0.1) is 0 Å². The fourth-order valence-electron chi connectivity index (χ4n) is 2.63. The zero-order valence-corrected chi connectivity index (χ0v) is 13.4. The predicted molar refractivity (Wildman–Crippen MR) is 84.4 cm³/mol. The number of nitrogens with zero attached hydrogens (tertiary/aromatic N) is 1. The minimum absolute atomic E-state index is 0.193. The first-order valence-electron chi connectivity index (χ1n) is 7.00. The van der Waals surface area contributed by atoms with E-state index in [2.05, 4.69) is 5.32 Å². The summed E-state index contributed by atoms with van der Waals surface area (Å²) in [5.41, 5.74) is 2.42. The van der Waals surface area contributed by atoms with Gasteiger partial charge in [-0.25, -0.2) is 4.39 Å². The Hall–Kier alpha value is -2.76. The second kappa shape index (κ2) is 6.16. The molecule has 0 saturated carbocycles. The zero-order valence-electron chi connectivity index (χ0n) is 13.4. The summed E-state index contributed by atoms with van der Waals surface area (Å²) in [7, 11) is 1.62. The fourth-order valence-corrected chi connectivity index (χ4v) is 2.63. The maximum atomic E-state index is 13.3. The Morgan fingerprint density at radius 3 is 2.43 bits per heavy atom. The Morgan fingerprint density at radius 2 is 1.87 bits per heavy atom. The molecule has 5 nitrogen and oxygen atoms in total. The number of nitrogens with one attached hydrogen (secondary N) is 1. The van der Waals surface area contributed by atoms with Crippen molar-refractivity contribution < 1.29 is 18.8 Å². The van der Waals surface area contributed by atoms with Crippen LogP contribution in [0.15, 0.2) is 18.2 Å². The molecule has 0 aliphatic rings. The smallest absolute Gasteiger partial charge is 0.257 e. The number of halogens is 1. The van der Waals surface area contributed by atoms with Crippen LogP contribution in [0.4, 0.5) is 10.1 Å². The lowest BCUT2D eigenvalue weighted by Gasteiger charge is -2.07. The zero-order chi connectivity index (χ0) is 17.3. The Morgan fingerprint density at radius 1 is 1.22 bits per heavy atom. The summed E-state index contributed by atoms with van der Waals surface area (Å²) >= 11 is 0. The maximum Gasteiger partial charge on any atom is 0.257 e. The molecule has 0 bridgehead atoms. The number of aldehydes is 1. The summed E-state index contributed by atoms with van der Waals surface area (Å²) < 4.78 is 14.8.